The number of unbranched alkanes of at least 4 members (excludes halogenated alkanes) is 11. The number of likely N-dealkylation sites (N-methyl/N-ethyl adjacent to an activating group) is 1. The van der Waals surface area contributed by atoms with E-state index in [0.717, 1.165) is 77.0 Å². The molecule has 0 aromatic carbocycles. The monoisotopic (exact) mass is 850 g/mol. The van der Waals surface area contributed by atoms with Gasteiger partial charge in [-0.1, -0.05) is 156 Å². The van der Waals surface area contributed by atoms with Crippen molar-refractivity contribution in [3.63, 3.8) is 0 Å². The van der Waals surface area contributed by atoms with E-state index in [1.165, 1.54) is 51.4 Å². The van der Waals surface area contributed by atoms with Gasteiger partial charge in [0.2, 0.25) is 0 Å². The summed E-state index contributed by atoms with van der Waals surface area (Å²) in [4.78, 5) is 36.9. The van der Waals surface area contributed by atoms with Crippen LogP contribution in [-0.2, 0) is 28.6 Å². The molecule has 0 heterocycles. The van der Waals surface area contributed by atoms with Gasteiger partial charge in [-0.05, 0) is 89.9 Å². The van der Waals surface area contributed by atoms with Gasteiger partial charge in [0.25, 0.3) is 0 Å². The summed E-state index contributed by atoms with van der Waals surface area (Å²) in [7, 11) is 5.38. The van der Waals surface area contributed by atoms with Gasteiger partial charge in [-0.3, -0.25) is 9.59 Å². The van der Waals surface area contributed by atoms with Gasteiger partial charge in [0.05, 0.1) is 40.3 Å². The Morgan fingerprint density at radius 1 is 0.508 bits per heavy atom. The first kappa shape index (κ1) is 57.2. The number of hydrogen-bond donors (Lipinski definition) is 0. The molecule has 61 heavy (non-hydrogen) atoms. The lowest BCUT2D eigenvalue weighted by Crippen LogP contribution is -2.55. The molecule has 0 aliphatic carbocycles. The highest BCUT2D eigenvalue weighted by molar-refractivity contribution is 5.70. The lowest BCUT2D eigenvalue weighted by Gasteiger charge is -2.34. The van der Waals surface area contributed by atoms with Crippen molar-refractivity contribution in [2.24, 2.45) is 0 Å². The Labute approximate surface area is 373 Å². The van der Waals surface area contributed by atoms with Crippen molar-refractivity contribution in [1.29, 1.82) is 0 Å². The predicted octanol–water partition coefficient (Wildman–Crippen LogP) is 12.1. The largest absolute Gasteiger partial charge is 0.544 e. The molecule has 0 aliphatic heterocycles. The highest BCUT2D eigenvalue weighted by Gasteiger charge is 2.25. The second-order valence-electron chi connectivity index (χ2n) is 16.6. The summed E-state index contributed by atoms with van der Waals surface area (Å²) in [6.45, 7) is 4.44. The molecule has 2 unspecified atom stereocenters. The van der Waals surface area contributed by atoms with E-state index in [-0.39, 0.29) is 49.1 Å². The Bertz CT molecular complexity index is 1310. The number of hydrogen-bond acceptors (Lipinski definition) is 7. The van der Waals surface area contributed by atoms with Gasteiger partial charge in [0.1, 0.15) is 12.6 Å². The van der Waals surface area contributed by atoms with Crippen LogP contribution in [0.3, 0.4) is 0 Å². The van der Waals surface area contributed by atoms with Crippen LogP contribution in [0.5, 0.6) is 0 Å². The highest BCUT2D eigenvalue weighted by atomic mass is 16.6. The van der Waals surface area contributed by atoms with E-state index in [4.69, 9.17) is 14.2 Å². The first-order valence-corrected chi connectivity index (χ1v) is 23.8. The number of carbonyl (C=O) groups is 3. The quantitative estimate of drug-likeness (QED) is 0.0261. The minimum atomic E-state index is -1.14. The van der Waals surface area contributed by atoms with E-state index in [1.807, 2.05) is 0 Å². The van der Waals surface area contributed by atoms with Crippen LogP contribution < -0.4 is 5.11 Å². The number of rotatable bonds is 41. The molecule has 0 saturated carbocycles. The third-order valence-electron chi connectivity index (χ3n) is 9.95. The standard InChI is InChI=1S/C53H87NO7/c1-6-8-10-12-14-16-18-20-22-24-25-26-28-30-32-34-36-38-40-42-44-52(56)61-49(47-59-46-45-50(53(57)58)54(3,4)5)48-60-51(55)43-41-39-37-35-33-31-29-27-23-21-19-17-15-13-11-9-7-2/h8,10,14-17,20-23,25-26,30,32,36,38,49-50H,6-7,9,11-13,18-19,24,27-29,31,33-35,37,39-48H2,1-5H3/b10-8+,16-14+,17-15+,22-20+,23-21+,26-25+,32-30+,38-36+. The fourth-order valence-corrected chi connectivity index (χ4v) is 6.29. The van der Waals surface area contributed by atoms with E-state index in [1.54, 1.807) is 21.1 Å². The van der Waals surface area contributed by atoms with Gasteiger partial charge in [-0.25, -0.2) is 0 Å². The average Bonchev–Trinajstić information content (AvgIpc) is 3.22. The molecule has 0 aromatic heterocycles. The number of quaternary nitrogens is 1. The van der Waals surface area contributed by atoms with Crippen LogP contribution in [-0.4, -0.2) is 75.5 Å². The smallest absolute Gasteiger partial charge is 0.306 e. The van der Waals surface area contributed by atoms with Crippen molar-refractivity contribution in [2.75, 3.05) is 41.0 Å². The van der Waals surface area contributed by atoms with Gasteiger partial charge in [-0.15, -0.1) is 0 Å². The second kappa shape index (κ2) is 42.9. The molecule has 0 spiro atoms. The molecular weight excluding hydrogens is 763 g/mol. The zero-order valence-electron chi connectivity index (χ0n) is 39.3. The molecule has 0 rings (SSSR count). The van der Waals surface area contributed by atoms with Crippen LogP contribution >= 0.6 is 0 Å². The fraction of sp³-hybridized carbons (Fsp3) is 0.642. The van der Waals surface area contributed by atoms with E-state index in [0.29, 0.717) is 12.8 Å². The number of carboxylic acid groups (broad SMARTS) is 1. The molecular formula is C53H87NO7. The molecule has 0 aromatic rings. The predicted molar refractivity (Wildman–Crippen MR) is 254 cm³/mol. The Hall–Kier alpha value is -3.75. The van der Waals surface area contributed by atoms with Crippen LogP contribution in [0.15, 0.2) is 97.2 Å². The average molecular weight is 850 g/mol. The molecule has 0 radical (unpaired) electrons. The van der Waals surface area contributed by atoms with Crippen molar-refractivity contribution in [1.82, 2.24) is 0 Å². The lowest BCUT2D eigenvalue weighted by molar-refractivity contribution is -0.889. The van der Waals surface area contributed by atoms with E-state index < -0.39 is 18.1 Å². The summed E-state index contributed by atoms with van der Waals surface area (Å²) in [5.41, 5.74) is 0. The van der Waals surface area contributed by atoms with E-state index in [9.17, 15) is 19.5 Å². The number of allylic oxidation sites excluding steroid dienone is 16. The molecule has 0 aliphatic rings. The third-order valence-corrected chi connectivity index (χ3v) is 9.95. The first-order chi connectivity index (χ1) is 29.6. The van der Waals surface area contributed by atoms with Crippen molar-refractivity contribution < 1.29 is 38.2 Å². The van der Waals surface area contributed by atoms with Crippen molar-refractivity contribution >= 4 is 17.9 Å². The maximum Gasteiger partial charge on any atom is 0.306 e. The summed E-state index contributed by atoms with van der Waals surface area (Å²) in [6.07, 6.45) is 57.2. The van der Waals surface area contributed by atoms with Crippen LogP contribution in [0.2, 0.25) is 0 Å². The summed E-state index contributed by atoms with van der Waals surface area (Å²) in [5, 5.41) is 11.6. The van der Waals surface area contributed by atoms with Gasteiger partial charge < -0.3 is 28.6 Å². The maximum atomic E-state index is 12.7. The van der Waals surface area contributed by atoms with Gasteiger partial charge in [-0.2, -0.15) is 0 Å². The minimum absolute atomic E-state index is 0.00897. The number of carboxylic acids is 1. The van der Waals surface area contributed by atoms with Crippen LogP contribution in [0.1, 0.15) is 168 Å². The van der Waals surface area contributed by atoms with Crippen LogP contribution in [0.4, 0.5) is 0 Å². The third kappa shape index (κ3) is 41.4. The van der Waals surface area contributed by atoms with E-state index >= 15 is 0 Å². The Kier molecular flexibility index (Phi) is 40.3. The molecule has 0 amide bonds. The van der Waals surface area contributed by atoms with Crippen molar-refractivity contribution in [2.45, 2.75) is 180 Å². The van der Waals surface area contributed by atoms with Crippen LogP contribution in [0, 0.1) is 0 Å². The molecule has 2 atom stereocenters. The number of ether oxygens (including phenoxy) is 3. The highest BCUT2D eigenvalue weighted by Crippen LogP contribution is 2.12. The summed E-state index contributed by atoms with van der Waals surface area (Å²) >= 11 is 0. The van der Waals surface area contributed by atoms with Gasteiger partial charge in [0.15, 0.2) is 6.10 Å². The molecule has 0 fully saturated rings. The number of nitrogens with zero attached hydrogens (tertiary/aromatic N) is 1. The maximum absolute atomic E-state index is 12.7. The topological polar surface area (TPSA) is 102 Å². The van der Waals surface area contributed by atoms with E-state index in [2.05, 4.69) is 111 Å². The number of carbonyl (C=O) groups excluding carboxylic acids is 3. The molecule has 8 heteroatoms. The fourth-order valence-electron chi connectivity index (χ4n) is 6.29. The number of esters is 2. The Morgan fingerprint density at radius 2 is 0.934 bits per heavy atom. The number of aliphatic carboxylic acids is 1. The zero-order chi connectivity index (χ0) is 44.9. The molecule has 0 N–H and O–H groups in total. The summed E-state index contributed by atoms with van der Waals surface area (Å²) in [5.74, 6) is -1.83. The summed E-state index contributed by atoms with van der Waals surface area (Å²) in [6, 6.07) is -0.743. The molecule has 346 valence electrons. The lowest BCUT2D eigenvalue weighted by atomic mass is 10.1. The zero-order valence-corrected chi connectivity index (χ0v) is 39.3. The van der Waals surface area contributed by atoms with Crippen molar-refractivity contribution in [3.05, 3.63) is 97.2 Å². The Balaban J connectivity index is 4.44. The molecule has 0 saturated heterocycles. The first-order valence-electron chi connectivity index (χ1n) is 23.8. The van der Waals surface area contributed by atoms with Gasteiger partial charge >= 0.3 is 11.9 Å². The Morgan fingerprint density at radius 3 is 1.41 bits per heavy atom. The minimum Gasteiger partial charge on any atom is -0.544 e. The molecule has 0 bridgehead atoms. The van der Waals surface area contributed by atoms with Crippen molar-refractivity contribution in [3.8, 4) is 0 Å². The summed E-state index contributed by atoms with van der Waals surface area (Å²) < 4.78 is 17.1. The van der Waals surface area contributed by atoms with Gasteiger partial charge in [0, 0.05) is 19.3 Å². The molecule has 8 nitrogen and oxygen atoms in total. The second-order valence-corrected chi connectivity index (χ2v) is 16.6. The normalized spacial score (nSPS) is 13.8. The SMILES string of the molecule is CC/C=C/C/C=C/C/C=C/C/C=C/C/C=C/C/C=C/CCCC(=O)OC(COCCC(C(=O)[O-])[N+](C)(C)C)COC(=O)CCCCCCCCC/C=C/C/C=C/CCCCC. The van der Waals surface area contributed by atoms with Crippen LogP contribution in [0.25, 0.3) is 0 Å².